The summed E-state index contributed by atoms with van der Waals surface area (Å²) in [5, 5.41) is 0. The Morgan fingerprint density at radius 2 is 1.62 bits per heavy atom. The Morgan fingerprint density at radius 3 is 2.23 bits per heavy atom. The largest absolute Gasteiger partial charge is 0.462 e. The fourth-order valence-electron chi connectivity index (χ4n) is 5.72. The first-order valence-corrected chi connectivity index (χ1v) is 10.6. The van der Waals surface area contributed by atoms with Gasteiger partial charge in [-0.3, -0.25) is 4.79 Å². The van der Waals surface area contributed by atoms with E-state index < -0.39 is 5.41 Å². The zero-order chi connectivity index (χ0) is 18.1. The molecule has 1 saturated carbocycles. The summed E-state index contributed by atoms with van der Waals surface area (Å²) in [4.78, 5) is 16.0. The van der Waals surface area contributed by atoms with E-state index in [-0.39, 0.29) is 12.1 Å². The second kappa shape index (κ2) is 7.34. The van der Waals surface area contributed by atoms with Crippen molar-refractivity contribution in [1.29, 1.82) is 0 Å². The number of fused-ring (bicyclic) bond motifs is 2. The second-order valence-corrected chi connectivity index (χ2v) is 8.95. The smallest absolute Gasteiger partial charge is 0.316 e. The molecule has 0 radical (unpaired) electrons. The van der Waals surface area contributed by atoms with Gasteiger partial charge in [0.05, 0.1) is 5.41 Å². The normalized spacial score (nSPS) is 32.2. The van der Waals surface area contributed by atoms with E-state index in [0.717, 1.165) is 31.2 Å². The number of ether oxygens (including phenoxy) is 1. The molecule has 1 aliphatic carbocycles. The van der Waals surface area contributed by atoms with E-state index in [4.69, 9.17) is 4.74 Å². The van der Waals surface area contributed by atoms with Crippen LogP contribution in [-0.4, -0.2) is 36.1 Å². The van der Waals surface area contributed by atoms with Crippen LogP contribution >= 0.6 is 0 Å². The van der Waals surface area contributed by atoms with Crippen molar-refractivity contribution in [2.75, 3.05) is 7.05 Å². The highest BCUT2D eigenvalue weighted by Gasteiger charge is 2.47. The highest BCUT2D eigenvalue weighted by molar-refractivity contribution is 5.83. The van der Waals surface area contributed by atoms with E-state index in [1.54, 1.807) is 0 Å². The predicted octanol–water partition coefficient (Wildman–Crippen LogP) is 4.69. The van der Waals surface area contributed by atoms with Gasteiger partial charge in [-0.15, -0.1) is 0 Å². The molecule has 3 nitrogen and oxygen atoms in total. The van der Waals surface area contributed by atoms with Crippen LogP contribution < -0.4 is 0 Å². The Bertz CT molecular complexity index is 610. The monoisotopic (exact) mass is 355 g/mol. The average Bonchev–Trinajstić information content (AvgIpc) is 2.89. The maximum Gasteiger partial charge on any atom is 0.316 e. The zero-order valence-corrected chi connectivity index (χ0v) is 16.3. The molecule has 1 aromatic rings. The molecule has 0 spiro atoms. The molecule has 2 aliphatic heterocycles. The van der Waals surface area contributed by atoms with E-state index in [1.807, 2.05) is 6.07 Å². The lowest BCUT2D eigenvalue weighted by Crippen LogP contribution is -2.48. The first-order chi connectivity index (χ1) is 12.6. The summed E-state index contributed by atoms with van der Waals surface area (Å²) in [6.45, 7) is 2.14. The van der Waals surface area contributed by atoms with Gasteiger partial charge in [0.1, 0.15) is 6.10 Å². The molecule has 2 heterocycles. The summed E-state index contributed by atoms with van der Waals surface area (Å²) in [5.74, 6) is 0.415. The minimum Gasteiger partial charge on any atom is -0.462 e. The van der Waals surface area contributed by atoms with Crippen LogP contribution in [0.4, 0.5) is 0 Å². The van der Waals surface area contributed by atoms with E-state index in [9.17, 15) is 4.79 Å². The van der Waals surface area contributed by atoms with Gasteiger partial charge in [-0.05, 0) is 64.0 Å². The Morgan fingerprint density at radius 1 is 1.00 bits per heavy atom. The number of hydrogen-bond acceptors (Lipinski definition) is 3. The first-order valence-electron chi connectivity index (χ1n) is 10.6. The van der Waals surface area contributed by atoms with Crippen molar-refractivity contribution in [3.05, 3.63) is 35.9 Å². The van der Waals surface area contributed by atoms with Gasteiger partial charge in [0.2, 0.25) is 0 Å². The minimum atomic E-state index is -0.510. The molecule has 142 valence electrons. The van der Waals surface area contributed by atoms with Gasteiger partial charge >= 0.3 is 5.97 Å². The van der Waals surface area contributed by atoms with Crippen LogP contribution in [0.3, 0.4) is 0 Å². The number of hydrogen-bond donors (Lipinski definition) is 0. The predicted molar refractivity (Wildman–Crippen MR) is 104 cm³/mol. The third-order valence-corrected chi connectivity index (χ3v) is 7.55. The Hall–Kier alpha value is -1.35. The molecular weight excluding hydrogens is 322 g/mol. The number of benzene rings is 1. The van der Waals surface area contributed by atoms with Gasteiger partial charge in [0.15, 0.2) is 0 Å². The Kier molecular flexibility index (Phi) is 5.09. The van der Waals surface area contributed by atoms with Crippen LogP contribution in [-0.2, 0) is 14.9 Å². The van der Waals surface area contributed by atoms with Gasteiger partial charge in [-0.2, -0.15) is 0 Å². The lowest BCUT2D eigenvalue weighted by molar-refractivity contribution is -0.162. The number of carbonyl (C=O) groups excluding carboxylic acids is 1. The third-order valence-electron chi connectivity index (χ3n) is 7.55. The maximum absolute atomic E-state index is 13.5. The fraction of sp³-hybridized carbons (Fsp3) is 0.696. The number of esters is 1. The Balaban J connectivity index is 1.55. The van der Waals surface area contributed by atoms with Gasteiger partial charge in [-0.1, -0.05) is 49.6 Å². The quantitative estimate of drug-likeness (QED) is 0.734. The van der Waals surface area contributed by atoms with Gasteiger partial charge in [-0.25, -0.2) is 0 Å². The summed E-state index contributed by atoms with van der Waals surface area (Å²) in [7, 11) is 2.23. The summed E-state index contributed by atoms with van der Waals surface area (Å²) in [5.41, 5.74) is 0.622. The lowest BCUT2D eigenvalue weighted by atomic mass is 9.66. The van der Waals surface area contributed by atoms with E-state index >= 15 is 0 Å². The molecule has 3 fully saturated rings. The summed E-state index contributed by atoms with van der Waals surface area (Å²) in [6, 6.07) is 11.6. The lowest BCUT2D eigenvalue weighted by Gasteiger charge is -2.41. The molecule has 0 N–H and O–H groups in total. The van der Waals surface area contributed by atoms with Crippen molar-refractivity contribution in [2.24, 2.45) is 5.92 Å². The molecular formula is C23H33NO2. The molecule has 3 heteroatoms. The molecule has 1 unspecified atom stereocenters. The van der Waals surface area contributed by atoms with Crippen molar-refractivity contribution in [2.45, 2.75) is 88.3 Å². The zero-order valence-electron chi connectivity index (χ0n) is 16.3. The SMILES string of the molecule is CN1[C@@H]2CC[C@H]1CC(OC(=O)[C@@](C)(c1ccccc1)C1CCCCC1)C2. The molecule has 1 aromatic carbocycles. The highest BCUT2D eigenvalue weighted by atomic mass is 16.5. The summed E-state index contributed by atoms with van der Waals surface area (Å²) in [6.07, 6.45) is 10.7. The number of nitrogens with zero attached hydrogens (tertiary/aromatic N) is 1. The average molecular weight is 356 g/mol. The van der Waals surface area contributed by atoms with Crippen LogP contribution in [0.1, 0.15) is 70.3 Å². The number of carbonyl (C=O) groups is 1. The first kappa shape index (κ1) is 18.0. The molecule has 2 saturated heterocycles. The van der Waals surface area contributed by atoms with Crippen LogP contribution in [0.2, 0.25) is 0 Å². The van der Waals surface area contributed by atoms with Crippen LogP contribution in [0, 0.1) is 5.92 Å². The molecule has 4 atom stereocenters. The molecule has 3 aliphatic rings. The summed E-state index contributed by atoms with van der Waals surface area (Å²) < 4.78 is 6.23. The van der Waals surface area contributed by atoms with Crippen LogP contribution in [0.5, 0.6) is 0 Å². The van der Waals surface area contributed by atoms with Crippen molar-refractivity contribution in [3.63, 3.8) is 0 Å². The minimum absolute atomic E-state index is 0.0181. The van der Waals surface area contributed by atoms with Gasteiger partial charge in [0.25, 0.3) is 0 Å². The van der Waals surface area contributed by atoms with Crippen molar-refractivity contribution in [1.82, 2.24) is 4.90 Å². The number of rotatable bonds is 4. The molecule has 4 rings (SSSR count). The van der Waals surface area contributed by atoms with Crippen LogP contribution in [0.15, 0.2) is 30.3 Å². The molecule has 2 bridgehead atoms. The van der Waals surface area contributed by atoms with Crippen LogP contribution in [0.25, 0.3) is 0 Å². The van der Waals surface area contributed by atoms with Crippen molar-refractivity contribution >= 4 is 5.97 Å². The standard InChI is InChI=1S/C23H33NO2/c1-23(17-9-5-3-6-10-17,18-11-7-4-8-12-18)22(25)26-21-15-19-13-14-20(16-21)24(19)2/h3,5-6,9-10,18-21H,4,7-8,11-16H2,1-2H3/t19-,20+,21?,23-/m0/s1. The fourth-order valence-corrected chi connectivity index (χ4v) is 5.72. The Labute approximate surface area is 158 Å². The van der Waals surface area contributed by atoms with Gasteiger partial charge in [0, 0.05) is 12.1 Å². The summed E-state index contributed by atoms with van der Waals surface area (Å²) >= 11 is 0. The van der Waals surface area contributed by atoms with Gasteiger partial charge < -0.3 is 9.64 Å². The third kappa shape index (κ3) is 3.19. The van der Waals surface area contributed by atoms with E-state index in [0.29, 0.717) is 18.0 Å². The van der Waals surface area contributed by atoms with Crippen molar-refractivity contribution in [3.8, 4) is 0 Å². The maximum atomic E-state index is 13.5. The highest BCUT2D eigenvalue weighted by Crippen LogP contribution is 2.43. The molecule has 0 aromatic heterocycles. The van der Waals surface area contributed by atoms with E-state index in [1.165, 1.54) is 32.1 Å². The number of piperidine rings is 1. The topological polar surface area (TPSA) is 29.5 Å². The molecule has 0 amide bonds. The second-order valence-electron chi connectivity index (χ2n) is 8.95. The van der Waals surface area contributed by atoms with Crippen molar-refractivity contribution < 1.29 is 9.53 Å². The molecule has 26 heavy (non-hydrogen) atoms. The van der Waals surface area contributed by atoms with E-state index in [2.05, 4.69) is 43.1 Å².